The van der Waals surface area contributed by atoms with Crippen molar-refractivity contribution in [3.63, 3.8) is 0 Å². The van der Waals surface area contributed by atoms with Gasteiger partial charge in [-0.25, -0.2) is 14.8 Å². The molecule has 1 aliphatic carbocycles. The Labute approximate surface area is 324 Å². The number of carbonyl (C=O) groups is 2. The summed E-state index contributed by atoms with van der Waals surface area (Å²) in [6.45, 7) is 5.25. The number of likely N-dealkylation sites (tertiary alicyclic amines) is 1. The maximum Gasteiger partial charge on any atom is 0.407 e. The van der Waals surface area contributed by atoms with Gasteiger partial charge in [-0.1, -0.05) is 44.2 Å². The summed E-state index contributed by atoms with van der Waals surface area (Å²) in [6.07, 6.45) is 4.68. The van der Waals surface area contributed by atoms with E-state index in [0.717, 1.165) is 54.8 Å². The number of aromatic amines is 2. The number of halogens is 5. The fraction of sp³-hybridized carbons (Fsp3) is 0.368. The average Bonchev–Trinajstić information content (AvgIpc) is 3.96. The van der Waals surface area contributed by atoms with Gasteiger partial charge in [-0.05, 0) is 84.7 Å². The molecule has 0 bridgehead atoms. The highest BCUT2D eigenvalue weighted by Gasteiger charge is 2.45. The van der Waals surface area contributed by atoms with E-state index in [4.69, 9.17) is 9.72 Å². The summed E-state index contributed by atoms with van der Waals surface area (Å²) < 4.78 is 37.1. The number of benzene rings is 3. The quantitative estimate of drug-likeness (QED) is 0.131. The first-order chi connectivity index (χ1) is 24.1. The molecule has 3 aliphatic rings. The van der Waals surface area contributed by atoms with Crippen molar-refractivity contribution in [1.29, 1.82) is 0 Å². The number of ether oxygens (including phenoxy) is 1. The van der Waals surface area contributed by atoms with Crippen molar-refractivity contribution in [1.82, 2.24) is 35.5 Å². The van der Waals surface area contributed by atoms with Crippen LogP contribution >= 0.6 is 37.2 Å². The summed E-state index contributed by atoms with van der Waals surface area (Å²) in [4.78, 5) is 43.4. The minimum absolute atomic E-state index is 0. The first kappa shape index (κ1) is 40.0. The highest BCUT2D eigenvalue weighted by molar-refractivity contribution is 5.88. The third-order valence-corrected chi connectivity index (χ3v) is 10.4. The molecule has 0 radical (unpaired) electrons. The maximum absolute atomic E-state index is 16.2. The van der Waals surface area contributed by atoms with Crippen LogP contribution in [0.4, 0.5) is 13.6 Å². The minimum Gasteiger partial charge on any atom is -0.453 e. The molecule has 3 atom stereocenters. The van der Waals surface area contributed by atoms with Gasteiger partial charge in [0.05, 0.1) is 42.1 Å². The lowest BCUT2D eigenvalue weighted by Gasteiger charge is -2.29. The van der Waals surface area contributed by atoms with Crippen molar-refractivity contribution in [3.8, 4) is 33.5 Å². The fourth-order valence-electron chi connectivity index (χ4n) is 7.71. The number of fused-ring (bicyclic) bond motifs is 4. The molecule has 8 rings (SSSR count). The SMILES string of the molecule is COC(=O)N[C@H](C(=O)N1CCC[C@H]1c1nc2ccc(-c3ccc4c(c3)C(F)(F)c3cc(-c5cnc([C@@H]6CCCN6)[nH]5)ccc3-4)cc2[nH]1)C(C)C.Cl.Cl.Cl. The summed E-state index contributed by atoms with van der Waals surface area (Å²) in [7, 11) is 1.27. The van der Waals surface area contributed by atoms with E-state index in [-0.39, 0.29) is 72.3 Å². The summed E-state index contributed by atoms with van der Waals surface area (Å²) in [6, 6.07) is 15.3. The Balaban J connectivity index is 0.00000180. The number of alkyl halides is 2. The maximum atomic E-state index is 16.2. The number of rotatable bonds is 7. The van der Waals surface area contributed by atoms with Crippen molar-refractivity contribution in [2.45, 2.75) is 63.6 Å². The number of imidazole rings is 2. The van der Waals surface area contributed by atoms with Gasteiger partial charge in [0.1, 0.15) is 17.7 Å². The highest BCUT2D eigenvalue weighted by Crippen LogP contribution is 2.52. The molecule has 3 aromatic carbocycles. The molecule has 2 aliphatic heterocycles. The number of hydrogen-bond acceptors (Lipinski definition) is 6. The lowest BCUT2D eigenvalue weighted by Crippen LogP contribution is -2.51. The molecule has 282 valence electrons. The van der Waals surface area contributed by atoms with Crippen LogP contribution in [0.3, 0.4) is 0 Å². The number of alkyl carbamates (subject to hydrolysis) is 1. The van der Waals surface area contributed by atoms with Gasteiger partial charge in [-0.3, -0.25) is 4.79 Å². The standard InChI is InChI=1S/C38H39F2N7O3.3ClH/c1-20(2)33(46-37(49)50-3)36(48)47-15-5-7-32(47)35-43-28-13-10-22(18-30(28)44-35)21-8-11-24-25-12-9-23(17-27(25)38(39,40)26(24)16-21)31-19-42-34(45-31)29-6-4-14-41-29;;;/h8-13,16-20,29,32-33,41H,4-7,14-15H2,1-3H3,(H,42,45)(H,43,44)(H,46,49);3*1H/t29-,32-,33-;;;/m0.../s1. The monoisotopic (exact) mass is 787 g/mol. The molecule has 15 heteroatoms. The van der Waals surface area contributed by atoms with Crippen LogP contribution in [0.5, 0.6) is 0 Å². The normalized spacial score (nSPS) is 18.8. The Kier molecular flexibility index (Phi) is 11.8. The van der Waals surface area contributed by atoms with Crippen molar-refractivity contribution < 1.29 is 23.1 Å². The zero-order chi connectivity index (χ0) is 34.7. The third kappa shape index (κ3) is 7.09. The molecule has 0 saturated carbocycles. The number of nitrogens with one attached hydrogen (secondary N) is 4. The summed E-state index contributed by atoms with van der Waals surface area (Å²) in [5.41, 5.74) is 5.33. The van der Waals surface area contributed by atoms with Crippen molar-refractivity contribution in [3.05, 3.63) is 83.6 Å². The zero-order valence-corrected chi connectivity index (χ0v) is 31.8. The molecule has 0 unspecified atom stereocenters. The molecule has 4 N–H and O–H groups in total. The van der Waals surface area contributed by atoms with E-state index >= 15 is 8.78 Å². The number of carbonyl (C=O) groups excluding carboxylic acids is 2. The van der Waals surface area contributed by atoms with E-state index in [0.29, 0.717) is 40.1 Å². The van der Waals surface area contributed by atoms with Crippen LogP contribution in [-0.4, -0.2) is 63.1 Å². The summed E-state index contributed by atoms with van der Waals surface area (Å²) in [5, 5.41) is 6.09. The van der Waals surface area contributed by atoms with Gasteiger partial charge in [-0.2, -0.15) is 8.78 Å². The number of H-pyrrole nitrogens is 2. The second-order valence-electron chi connectivity index (χ2n) is 13.8. The predicted molar refractivity (Wildman–Crippen MR) is 207 cm³/mol. The lowest BCUT2D eigenvalue weighted by molar-refractivity contribution is -0.135. The third-order valence-electron chi connectivity index (χ3n) is 10.4. The largest absolute Gasteiger partial charge is 0.453 e. The number of hydrogen-bond donors (Lipinski definition) is 4. The summed E-state index contributed by atoms with van der Waals surface area (Å²) >= 11 is 0. The van der Waals surface area contributed by atoms with Crippen molar-refractivity contribution in [2.24, 2.45) is 5.92 Å². The average molecular weight is 789 g/mol. The Morgan fingerprint density at radius 3 is 2.26 bits per heavy atom. The van der Waals surface area contributed by atoms with Crippen molar-refractivity contribution >= 4 is 60.3 Å². The second kappa shape index (κ2) is 15.6. The van der Waals surface area contributed by atoms with Gasteiger partial charge >= 0.3 is 6.09 Å². The van der Waals surface area contributed by atoms with Crippen molar-refractivity contribution in [2.75, 3.05) is 20.2 Å². The molecular weight excluding hydrogens is 747 g/mol. The topological polar surface area (TPSA) is 128 Å². The van der Waals surface area contributed by atoms with Crippen LogP contribution < -0.4 is 10.6 Å². The van der Waals surface area contributed by atoms with Gasteiger partial charge in [-0.15, -0.1) is 37.2 Å². The second-order valence-corrected chi connectivity index (χ2v) is 13.8. The van der Waals surface area contributed by atoms with Gasteiger partial charge in [0.25, 0.3) is 5.92 Å². The van der Waals surface area contributed by atoms with Crippen LogP contribution in [0.1, 0.15) is 74.4 Å². The number of methoxy groups -OCH3 is 1. The molecule has 4 heterocycles. The molecular formula is C38H42Cl3F2N7O3. The van der Waals surface area contributed by atoms with Crippen LogP contribution in [0.2, 0.25) is 0 Å². The molecule has 2 saturated heterocycles. The summed E-state index contributed by atoms with van der Waals surface area (Å²) in [5.74, 6) is -2.01. The van der Waals surface area contributed by atoms with E-state index in [1.165, 1.54) is 7.11 Å². The van der Waals surface area contributed by atoms with Crippen LogP contribution in [-0.2, 0) is 15.5 Å². The van der Waals surface area contributed by atoms with Gasteiger partial charge in [0, 0.05) is 23.2 Å². The Morgan fingerprint density at radius 2 is 1.58 bits per heavy atom. The first-order valence-electron chi connectivity index (χ1n) is 17.2. The van der Waals surface area contributed by atoms with Crippen LogP contribution in [0, 0.1) is 5.92 Å². The molecule has 5 aromatic rings. The zero-order valence-electron chi connectivity index (χ0n) is 29.4. The van der Waals surface area contributed by atoms with Gasteiger partial charge in [0.2, 0.25) is 5.91 Å². The molecule has 2 fully saturated rings. The predicted octanol–water partition coefficient (Wildman–Crippen LogP) is 8.47. The van der Waals surface area contributed by atoms with E-state index in [9.17, 15) is 9.59 Å². The molecule has 2 amide bonds. The molecule has 0 spiro atoms. The highest BCUT2D eigenvalue weighted by atomic mass is 35.5. The fourth-order valence-corrected chi connectivity index (χ4v) is 7.71. The molecule has 53 heavy (non-hydrogen) atoms. The first-order valence-corrected chi connectivity index (χ1v) is 17.2. The smallest absolute Gasteiger partial charge is 0.407 e. The van der Waals surface area contributed by atoms with Crippen LogP contribution in [0.25, 0.3) is 44.5 Å². The Hall–Kier alpha value is -4.23. The van der Waals surface area contributed by atoms with Crippen LogP contribution in [0.15, 0.2) is 60.8 Å². The lowest BCUT2D eigenvalue weighted by atomic mass is 9.98. The van der Waals surface area contributed by atoms with Gasteiger partial charge < -0.3 is 30.2 Å². The number of aromatic nitrogens is 4. The molecule has 2 aromatic heterocycles. The van der Waals surface area contributed by atoms with E-state index in [1.807, 2.05) is 44.2 Å². The Morgan fingerprint density at radius 1 is 0.906 bits per heavy atom. The van der Waals surface area contributed by atoms with E-state index in [1.54, 1.807) is 35.4 Å². The van der Waals surface area contributed by atoms with Gasteiger partial charge in [0.15, 0.2) is 0 Å². The Bertz CT molecular complexity index is 2130. The number of nitrogens with zero attached hydrogens (tertiary/aromatic N) is 3. The number of amides is 2. The van der Waals surface area contributed by atoms with E-state index < -0.39 is 18.1 Å². The minimum atomic E-state index is -3.17. The molecule has 10 nitrogen and oxygen atoms in total. The van der Waals surface area contributed by atoms with E-state index in [2.05, 4.69) is 25.6 Å².